The maximum absolute atomic E-state index is 2.35. The Balaban J connectivity index is 4.59. The van der Waals surface area contributed by atoms with Crippen molar-refractivity contribution in [1.29, 1.82) is 0 Å². The van der Waals surface area contributed by atoms with Crippen molar-refractivity contribution >= 4 is 0 Å². The summed E-state index contributed by atoms with van der Waals surface area (Å²) < 4.78 is 0. The molecular weight excluding hydrogens is 194 g/mol. The van der Waals surface area contributed by atoms with Gasteiger partial charge in [0, 0.05) is 19.3 Å². The predicted molar refractivity (Wildman–Crippen MR) is 74.5 cm³/mol. The van der Waals surface area contributed by atoms with Gasteiger partial charge in [0.15, 0.2) is 0 Å². The molecular formula is C15H27N. The fourth-order valence-electron chi connectivity index (χ4n) is 1.80. The zero-order valence-corrected chi connectivity index (χ0v) is 11.8. The van der Waals surface area contributed by atoms with Gasteiger partial charge in [0.2, 0.25) is 0 Å². The number of allylic oxidation sites excluding steroid dienone is 4. The van der Waals surface area contributed by atoms with Crippen LogP contribution < -0.4 is 0 Å². The van der Waals surface area contributed by atoms with E-state index in [1.807, 2.05) is 0 Å². The van der Waals surface area contributed by atoms with Gasteiger partial charge < -0.3 is 4.90 Å². The molecule has 1 heteroatoms. The molecule has 0 saturated carbocycles. The Morgan fingerprint density at radius 1 is 1.06 bits per heavy atom. The van der Waals surface area contributed by atoms with Crippen molar-refractivity contribution in [2.45, 2.75) is 47.5 Å². The summed E-state index contributed by atoms with van der Waals surface area (Å²) in [6.07, 6.45) is 8.99. The quantitative estimate of drug-likeness (QED) is 0.595. The summed E-state index contributed by atoms with van der Waals surface area (Å²) >= 11 is 0. The second-order valence-corrected chi connectivity index (χ2v) is 4.17. The molecule has 0 aliphatic heterocycles. The lowest BCUT2D eigenvalue weighted by molar-refractivity contribution is 0.432. The van der Waals surface area contributed by atoms with E-state index >= 15 is 0 Å². The van der Waals surface area contributed by atoms with E-state index in [0.29, 0.717) is 0 Å². The predicted octanol–water partition coefficient (Wildman–Crippen LogP) is 4.53. The lowest BCUT2D eigenvalue weighted by Crippen LogP contribution is -2.21. The van der Waals surface area contributed by atoms with Gasteiger partial charge in [-0.05, 0) is 39.7 Å². The second-order valence-electron chi connectivity index (χ2n) is 4.17. The minimum Gasteiger partial charge on any atom is -0.374 e. The molecule has 0 rings (SSSR count). The van der Waals surface area contributed by atoms with Gasteiger partial charge in [0.1, 0.15) is 0 Å². The summed E-state index contributed by atoms with van der Waals surface area (Å²) in [4.78, 5) is 2.35. The number of likely N-dealkylation sites (N-methyl/N-ethyl adjacent to an activating group) is 1. The largest absolute Gasteiger partial charge is 0.374 e. The van der Waals surface area contributed by atoms with Gasteiger partial charge in [-0.2, -0.15) is 0 Å². The molecule has 0 aliphatic rings. The molecule has 1 nitrogen and oxygen atoms in total. The highest BCUT2D eigenvalue weighted by Gasteiger charge is 2.06. The summed E-state index contributed by atoms with van der Waals surface area (Å²) in [7, 11) is 2.18. The maximum Gasteiger partial charge on any atom is 0.0422 e. The van der Waals surface area contributed by atoms with Crippen molar-refractivity contribution in [2.75, 3.05) is 13.6 Å². The summed E-state index contributed by atoms with van der Waals surface area (Å²) in [6.45, 7) is 11.8. The highest BCUT2D eigenvalue weighted by atomic mass is 15.1. The lowest BCUT2D eigenvalue weighted by Gasteiger charge is -2.24. The summed E-state index contributed by atoms with van der Waals surface area (Å²) in [6, 6.07) is 0. The van der Waals surface area contributed by atoms with Crippen LogP contribution in [0.5, 0.6) is 0 Å². The highest BCUT2D eigenvalue weighted by molar-refractivity contribution is 5.30. The standard InChI is InChI=1S/C15H27N/c1-7-11-15(10-4)16(6)12-14(9-3)13(5)8-2/h8-10H,7,11-12H2,1-6H3/b13-8-,14-9-,15-10+. The van der Waals surface area contributed by atoms with Crippen LogP contribution in [0.15, 0.2) is 35.1 Å². The first kappa shape index (κ1) is 15.0. The van der Waals surface area contributed by atoms with Gasteiger partial charge >= 0.3 is 0 Å². The average molecular weight is 221 g/mol. The fourth-order valence-corrected chi connectivity index (χ4v) is 1.80. The molecule has 0 N–H and O–H groups in total. The first-order valence-electron chi connectivity index (χ1n) is 6.25. The van der Waals surface area contributed by atoms with E-state index in [1.165, 1.54) is 29.7 Å². The van der Waals surface area contributed by atoms with Crippen LogP contribution in [0.1, 0.15) is 47.5 Å². The number of rotatable bonds is 6. The van der Waals surface area contributed by atoms with Crippen LogP contribution in [0.4, 0.5) is 0 Å². The third-order valence-corrected chi connectivity index (χ3v) is 3.03. The molecule has 92 valence electrons. The van der Waals surface area contributed by atoms with Crippen molar-refractivity contribution in [3.63, 3.8) is 0 Å². The maximum atomic E-state index is 2.35. The lowest BCUT2D eigenvalue weighted by atomic mass is 10.1. The van der Waals surface area contributed by atoms with E-state index in [-0.39, 0.29) is 0 Å². The van der Waals surface area contributed by atoms with Gasteiger partial charge in [0.25, 0.3) is 0 Å². The van der Waals surface area contributed by atoms with Crippen LogP contribution in [-0.2, 0) is 0 Å². The normalized spacial score (nSPS) is 14.2. The topological polar surface area (TPSA) is 3.24 Å². The summed E-state index contributed by atoms with van der Waals surface area (Å²) in [5, 5.41) is 0. The van der Waals surface area contributed by atoms with E-state index in [1.54, 1.807) is 0 Å². The highest BCUT2D eigenvalue weighted by Crippen LogP contribution is 2.15. The zero-order chi connectivity index (χ0) is 12.6. The molecule has 0 bridgehead atoms. The van der Waals surface area contributed by atoms with Crippen molar-refractivity contribution in [3.8, 4) is 0 Å². The molecule has 0 fully saturated rings. The third-order valence-electron chi connectivity index (χ3n) is 3.03. The molecule has 0 spiro atoms. The molecule has 0 unspecified atom stereocenters. The number of hydrogen-bond donors (Lipinski definition) is 0. The molecule has 0 aliphatic carbocycles. The monoisotopic (exact) mass is 221 g/mol. The van der Waals surface area contributed by atoms with Gasteiger partial charge in [-0.15, -0.1) is 0 Å². The first-order valence-corrected chi connectivity index (χ1v) is 6.25. The van der Waals surface area contributed by atoms with Gasteiger partial charge in [0.05, 0.1) is 0 Å². The fraction of sp³-hybridized carbons (Fsp3) is 0.600. The Hall–Kier alpha value is -0.980. The van der Waals surface area contributed by atoms with Crippen LogP contribution in [0, 0.1) is 0 Å². The zero-order valence-electron chi connectivity index (χ0n) is 11.8. The van der Waals surface area contributed by atoms with Gasteiger partial charge in [-0.25, -0.2) is 0 Å². The van der Waals surface area contributed by atoms with Gasteiger partial charge in [-0.1, -0.05) is 37.1 Å². The van der Waals surface area contributed by atoms with Crippen molar-refractivity contribution in [1.82, 2.24) is 4.90 Å². The molecule has 0 aromatic carbocycles. The Labute approximate surface area is 102 Å². The van der Waals surface area contributed by atoms with Crippen molar-refractivity contribution in [3.05, 3.63) is 35.1 Å². The Bertz CT molecular complexity index is 282. The van der Waals surface area contributed by atoms with E-state index in [2.05, 4.69) is 64.8 Å². The molecule has 0 atom stereocenters. The molecule has 0 aromatic heterocycles. The molecule has 0 radical (unpaired) electrons. The van der Waals surface area contributed by atoms with E-state index in [4.69, 9.17) is 0 Å². The summed E-state index contributed by atoms with van der Waals surface area (Å²) in [5.74, 6) is 0. The summed E-state index contributed by atoms with van der Waals surface area (Å²) in [5.41, 5.74) is 4.23. The van der Waals surface area contributed by atoms with Crippen LogP contribution in [0.2, 0.25) is 0 Å². The Morgan fingerprint density at radius 2 is 1.69 bits per heavy atom. The third kappa shape index (κ3) is 4.69. The molecule has 0 heterocycles. The average Bonchev–Trinajstić information content (AvgIpc) is 2.31. The van der Waals surface area contributed by atoms with Crippen LogP contribution in [-0.4, -0.2) is 18.5 Å². The van der Waals surface area contributed by atoms with Crippen LogP contribution >= 0.6 is 0 Å². The Morgan fingerprint density at radius 3 is 2.06 bits per heavy atom. The van der Waals surface area contributed by atoms with Crippen molar-refractivity contribution < 1.29 is 0 Å². The SMILES string of the molecule is C/C=C(C)\C(=C/C)CN(C)/C(=C/C)CCC. The Kier molecular flexibility index (Phi) is 7.70. The second kappa shape index (κ2) is 8.20. The van der Waals surface area contributed by atoms with E-state index < -0.39 is 0 Å². The molecule has 0 aromatic rings. The van der Waals surface area contributed by atoms with Crippen molar-refractivity contribution in [2.24, 2.45) is 0 Å². The minimum atomic E-state index is 1.01. The number of hydrogen-bond acceptors (Lipinski definition) is 1. The minimum absolute atomic E-state index is 1.01. The molecule has 0 amide bonds. The number of nitrogens with zero attached hydrogens (tertiary/aromatic N) is 1. The van der Waals surface area contributed by atoms with Gasteiger partial charge in [-0.3, -0.25) is 0 Å². The van der Waals surface area contributed by atoms with Crippen LogP contribution in [0.3, 0.4) is 0 Å². The molecule has 16 heavy (non-hydrogen) atoms. The van der Waals surface area contributed by atoms with E-state index in [0.717, 1.165) is 6.54 Å². The smallest absolute Gasteiger partial charge is 0.0422 e. The van der Waals surface area contributed by atoms with E-state index in [9.17, 15) is 0 Å². The molecule has 0 saturated heterocycles. The van der Waals surface area contributed by atoms with Crippen LogP contribution in [0.25, 0.3) is 0 Å². The first-order chi connectivity index (χ1) is 7.60.